The SMILES string of the molecule is CC(CNC(C)c1cncs1)CN1CCCCC1. The first-order chi connectivity index (χ1) is 8.75. The molecule has 18 heavy (non-hydrogen) atoms. The first-order valence-corrected chi connectivity index (χ1v) is 7.98. The largest absolute Gasteiger partial charge is 0.309 e. The van der Waals surface area contributed by atoms with Crippen LogP contribution in [0.3, 0.4) is 0 Å². The molecule has 1 aromatic rings. The summed E-state index contributed by atoms with van der Waals surface area (Å²) in [5.74, 6) is 0.721. The monoisotopic (exact) mass is 267 g/mol. The molecule has 0 saturated carbocycles. The molecule has 1 aliphatic heterocycles. The minimum atomic E-state index is 0.432. The van der Waals surface area contributed by atoms with Crippen molar-refractivity contribution in [2.75, 3.05) is 26.2 Å². The van der Waals surface area contributed by atoms with Crippen LogP contribution in [-0.2, 0) is 0 Å². The standard InChI is InChI=1S/C14H25N3S/c1-12(10-17-6-4-3-5-7-17)8-16-13(2)14-9-15-11-18-14/h9,11-13,16H,3-8,10H2,1-2H3. The predicted octanol–water partition coefficient (Wildman–Crippen LogP) is 2.92. The Bertz CT molecular complexity index is 320. The number of nitrogens with zero attached hydrogens (tertiary/aromatic N) is 2. The molecule has 1 N–H and O–H groups in total. The van der Waals surface area contributed by atoms with E-state index in [0.717, 1.165) is 12.5 Å². The zero-order chi connectivity index (χ0) is 12.8. The summed E-state index contributed by atoms with van der Waals surface area (Å²) >= 11 is 1.73. The van der Waals surface area contributed by atoms with Gasteiger partial charge in [-0.05, 0) is 45.3 Å². The number of thiazole rings is 1. The van der Waals surface area contributed by atoms with Crippen molar-refractivity contribution in [3.05, 3.63) is 16.6 Å². The lowest BCUT2D eigenvalue weighted by molar-refractivity contribution is 0.198. The Labute approximate surface area is 115 Å². The molecule has 2 rings (SSSR count). The molecule has 4 heteroatoms. The maximum Gasteiger partial charge on any atom is 0.0794 e. The number of aromatic nitrogens is 1. The Morgan fingerprint density at radius 3 is 2.78 bits per heavy atom. The maximum absolute atomic E-state index is 4.13. The highest BCUT2D eigenvalue weighted by Gasteiger charge is 2.14. The van der Waals surface area contributed by atoms with Crippen LogP contribution in [0.4, 0.5) is 0 Å². The molecule has 3 nitrogen and oxygen atoms in total. The van der Waals surface area contributed by atoms with Crippen LogP contribution < -0.4 is 5.32 Å². The molecule has 1 saturated heterocycles. The fourth-order valence-corrected chi connectivity index (χ4v) is 3.22. The molecule has 2 heterocycles. The van der Waals surface area contributed by atoms with Gasteiger partial charge >= 0.3 is 0 Å². The molecule has 1 aliphatic rings. The van der Waals surface area contributed by atoms with E-state index in [-0.39, 0.29) is 0 Å². The second-order valence-electron chi connectivity index (χ2n) is 5.50. The summed E-state index contributed by atoms with van der Waals surface area (Å²) in [5.41, 5.74) is 1.91. The van der Waals surface area contributed by atoms with Crippen LogP contribution in [0.5, 0.6) is 0 Å². The highest BCUT2D eigenvalue weighted by Crippen LogP contribution is 2.17. The zero-order valence-corrected chi connectivity index (χ0v) is 12.4. The highest BCUT2D eigenvalue weighted by molar-refractivity contribution is 7.09. The van der Waals surface area contributed by atoms with E-state index in [4.69, 9.17) is 0 Å². The minimum absolute atomic E-state index is 0.432. The van der Waals surface area contributed by atoms with Crippen LogP contribution in [0, 0.1) is 5.92 Å². The Kier molecular flexibility index (Phi) is 5.60. The van der Waals surface area contributed by atoms with Crippen LogP contribution in [0.1, 0.15) is 44.0 Å². The van der Waals surface area contributed by atoms with Crippen molar-refractivity contribution >= 4 is 11.3 Å². The molecule has 0 bridgehead atoms. The molecule has 0 aromatic carbocycles. The average molecular weight is 267 g/mol. The number of likely N-dealkylation sites (tertiary alicyclic amines) is 1. The Balaban J connectivity index is 1.66. The van der Waals surface area contributed by atoms with Gasteiger partial charge in [0, 0.05) is 23.7 Å². The summed E-state index contributed by atoms with van der Waals surface area (Å²) < 4.78 is 0. The van der Waals surface area contributed by atoms with Gasteiger partial charge in [-0.15, -0.1) is 11.3 Å². The summed E-state index contributed by atoms with van der Waals surface area (Å²) in [4.78, 5) is 8.09. The number of nitrogens with one attached hydrogen (secondary N) is 1. The fourth-order valence-electron chi connectivity index (χ4n) is 2.57. The Hall–Kier alpha value is -0.450. The van der Waals surface area contributed by atoms with Crippen LogP contribution in [0.25, 0.3) is 0 Å². The van der Waals surface area contributed by atoms with Gasteiger partial charge in [0.2, 0.25) is 0 Å². The van der Waals surface area contributed by atoms with Crippen LogP contribution in [0.2, 0.25) is 0 Å². The van der Waals surface area contributed by atoms with E-state index in [2.05, 4.69) is 29.0 Å². The second-order valence-corrected chi connectivity index (χ2v) is 6.42. The normalized spacial score (nSPS) is 20.8. The van der Waals surface area contributed by atoms with Gasteiger partial charge in [-0.1, -0.05) is 13.3 Å². The van der Waals surface area contributed by atoms with E-state index >= 15 is 0 Å². The molecule has 2 atom stereocenters. The van der Waals surface area contributed by atoms with Crippen molar-refractivity contribution in [2.45, 2.75) is 39.2 Å². The van der Waals surface area contributed by atoms with Crippen LogP contribution >= 0.6 is 11.3 Å². The van der Waals surface area contributed by atoms with Crippen LogP contribution in [-0.4, -0.2) is 36.1 Å². The molecular formula is C14H25N3S. The van der Waals surface area contributed by atoms with Gasteiger partial charge in [0.15, 0.2) is 0 Å². The molecule has 0 amide bonds. The predicted molar refractivity (Wildman–Crippen MR) is 78.0 cm³/mol. The molecule has 1 aromatic heterocycles. The molecular weight excluding hydrogens is 242 g/mol. The van der Waals surface area contributed by atoms with Gasteiger partial charge in [0.1, 0.15) is 0 Å². The smallest absolute Gasteiger partial charge is 0.0794 e. The molecule has 0 radical (unpaired) electrons. The van der Waals surface area contributed by atoms with Crippen molar-refractivity contribution < 1.29 is 0 Å². The maximum atomic E-state index is 4.13. The lowest BCUT2D eigenvalue weighted by Crippen LogP contribution is -2.37. The van der Waals surface area contributed by atoms with E-state index in [1.54, 1.807) is 11.3 Å². The van der Waals surface area contributed by atoms with E-state index in [1.807, 2.05) is 11.7 Å². The molecule has 2 unspecified atom stereocenters. The molecule has 1 fully saturated rings. The summed E-state index contributed by atoms with van der Waals surface area (Å²) in [5, 5.41) is 3.62. The summed E-state index contributed by atoms with van der Waals surface area (Å²) in [6.45, 7) is 9.50. The van der Waals surface area contributed by atoms with E-state index in [9.17, 15) is 0 Å². The van der Waals surface area contributed by atoms with Crippen molar-refractivity contribution in [3.63, 3.8) is 0 Å². The van der Waals surface area contributed by atoms with Crippen molar-refractivity contribution in [1.29, 1.82) is 0 Å². The number of hydrogen-bond acceptors (Lipinski definition) is 4. The van der Waals surface area contributed by atoms with Gasteiger partial charge in [-0.2, -0.15) is 0 Å². The lowest BCUT2D eigenvalue weighted by Gasteiger charge is -2.29. The number of rotatable bonds is 6. The first kappa shape index (κ1) is 14.0. The molecule has 0 aliphatic carbocycles. The van der Waals surface area contributed by atoms with Crippen molar-refractivity contribution in [2.24, 2.45) is 5.92 Å². The van der Waals surface area contributed by atoms with Gasteiger partial charge in [0.25, 0.3) is 0 Å². The third kappa shape index (κ3) is 4.34. The second kappa shape index (κ2) is 7.22. The average Bonchev–Trinajstić information content (AvgIpc) is 2.91. The summed E-state index contributed by atoms with van der Waals surface area (Å²) in [6.07, 6.45) is 6.16. The third-order valence-electron chi connectivity index (χ3n) is 3.67. The summed E-state index contributed by atoms with van der Waals surface area (Å²) in [6, 6.07) is 0.432. The fraction of sp³-hybridized carbons (Fsp3) is 0.786. The molecule has 0 spiro atoms. The number of piperidine rings is 1. The first-order valence-electron chi connectivity index (χ1n) is 7.10. The highest BCUT2D eigenvalue weighted by atomic mass is 32.1. The van der Waals surface area contributed by atoms with Crippen molar-refractivity contribution in [3.8, 4) is 0 Å². The van der Waals surface area contributed by atoms with E-state index in [0.29, 0.717) is 6.04 Å². The van der Waals surface area contributed by atoms with Crippen molar-refractivity contribution in [1.82, 2.24) is 15.2 Å². The number of hydrogen-bond donors (Lipinski definition) is 1. The van der Waals surface area contributed by atoms with E-state index < -0.39 is 0 Å². The van der Waals surface area contributed by atoms with Gasteiger partial charge in [0.05, 0.1) is 5.51 Å². The topological polar surface area (TPSA) is 28.2 Å². The lowest BCUT2D eigenvalue weighted by atomic mass is 10.1. The third-order valence-corrected chi connectivity index (χ3v) is 4.63. The van der Waals surface area contributed by atoms with E-state index in [1.165, 1.54) is 43.8 Å². The quantitative estimate of drug-likeness (QED) is 0.859. The van der Waals surface area contributed by atoms with Crippen LogP contribution in [0.15, 0.2) is 11.7 Å². The Morgan fingerprint density at radius 2 is 2.11 bits per heavy atom. The van der Waals surface area contributed by atoms with Gasteiger partial charge in [-0.3, -0.25) is 4.98 Å². The van der Waals surface area contributed by atoms with Gasteiger partial charge in [-0.25, -0.2) is 0 Å². The molecule has 102 valence electrons. The summed E-state index contributed by atoms with van der Waals surface area (Å²) in [7, 11) is 0. The Morgan fingerprint density at radius 1 is 1.33 bits per heavy atom. The van der Waals surface area contributed by atoms with Gasteiger partial charge < -0.3 is 10.2 Å². The minimum Gasteiger partial charge on any atom is -0.309 e. The zero-order valence-electron chi connectivity index (χ0n) is 11.6.